The predicted octanol–water partition coefficient (Wildman–Crippen LogP) is 3.80. The molecule has 0 bridgehead atoms. The summed E-state index contributed by atoms with van der Waals surface area (Å²) in [5.74, 6) is -0.475. The Balaban J connectivity index is 1.96. The third kappa shape index (κ3) is 3.88. The van der Waals surface area contributed by atoms with E-state index in [1.54, 1.807) is 24.3 Å². The summed E-state index contributed by atoms with van der Waals surface area (Å²) < 4.78 is 11.7. The third-order valence-electron chi connectivity index (χ3n) is 3.69. The van der Waals surface area contributed by atoms with Gasteiger partial charge in [0.25, 0.3) is 5.91 Å². The second-order valence-electron chi connectivity index (χ2n) is 5.52. The van der Waals surface area contributed by atoms with Crippen LogP contribution >= 0.6 is 15.9 Å². The lowest BCUT2D eigenvalue weighted by Gasteiger charge is -2.11. The van der Waals surface area contributed by atoms with Gasteiger partial charge in [-0.15, -0.1) is 0 Å². The molecule has 0 atom stereocenters. The molecule has 1 heterocycles. The van der Waals surface area contributed by atoms with Crippen molar-refractivity contribution in [3.63, 3.8) is 0 Å². The molecule has 6 nitrogen and oxygen atoms in total. The number of benzene rings is 2. The molecule has 7 heteroatoms. The van der Waals surface area contributed by atoms with Crippen molar-refractivity contribution in [3.8, 4) is 11.5 Å². The van der Waals surface area contributed by atoms with Crippen LogP contribution in [0.3, 0.4) is 0 Å². The summed E-state index contributed by atoms with van der Waals surface area (Å²) in [5, 5.41) is 11.6. The van der Waals surface area contributed by atoms with Crippen LogP contribution in [0.15, 0.2) is 40.9 Å². The van der Waals surface area contributed by atoms with Gasteiger partial charge in [-0.25, -0.2) is 4.79 Å². The van der Waals surface area contributed by atoms with Gasteiger partial charge in [-0.1, -0.05) is 22.0 Å². The molecule has 0 aliphatic carbocycles. The average molecular weight is 418 g/mol. The molecule has 0 saturated heterocycles. The second kappa shape index (κ2) is 7.61. The minimum absolute atomic E-state index is 0.178. The lowest BCUT2D eigenvalue weighted by molar-refractivity contribution is -0.139. The van der Waals surface area contributed by atoms with E-state index < -0.39 is 12.6 Å². The molecule has 3 rings (SSSR count). The number of halogens is 1. The highest BCUT2D eigenvalue weighted by Crippen LogP contribution is 2.36. The zero-order chi connectivity index (χ0) is 18.7. The number of hydrogen-bond donors (Lipinski definition) is 2. The number of carbonyl (C=O) groups is 2. The fourth-order valence-electron chi connectivity index (χ4n) is 2.61. The number of rotatable bonds is 6. The highest BCUT2D eigenvalue weighted by molar-refractivity contribution is 9.10. The first-order chi connectivity index (χ1) is 12.5. The lowest BCUT2D eigenvalue weighted by atomic mass is 10.0. The molecular weight excluding hydrogens is 402 g/mol. The zero-order valence-corrected chi connectivity index (χ0v) is 15.5. The molecule has 26 heavy (non-hydrogen) atoms. The lowest BCUT2D eigenvalue weighted by Crippen LogP contribution is -2.10. The summed E-state index contributed by atoms with van der Waals surface area (Å²) in [5.41, 5.74) is 2.86. The van der Waals surface area contributed by atoms with Crippen molar-refractivity contribution in [3.05, 3.63) is 52.0 Å². The van der Waals surface area contributed by atoms with Crippen LogP contribution in [-0.2, 0) is 9.59 Å². The van der Waals surface area contributed by atoms with Crippen molar-refractivity contribution in [2.24, 2.45) is 0 Å². The third-order valence-corrected chi connectivity index (χ3v) is 4.19. The molecule has 0 spiro atoms. The van der Waals surface area contributed by atoms with Crippen molar-refractivity contribution in [1.29, 1.82) is 0 Å². The Morgan fingerprint density at radius 3 is 2.73 bits per heavy atom. The number of aliphatic carboxylic acids is 1. The number of hydrogen-bond acceptors (Lipinski definition) is 4. The highest BCUT2D eigenvalue weighted by atomic mass is 79.9. The number of carboxylic acid groups (broad SMARTS) is 1. The standard InChI is InChI=1S/C19H16BrNO5/c1-2-25-17-8-11(3-6-16(17)26-10-18(22)23)7-14-13-9-12(20)4-5-15(13)21-19(14)24/h3-9H,2,10H2,1H3,(H,21,24)(H,22,23)/b14-7-. The first-order valence-electron chi connectivity index (χ1n) is 7.92. The fraction of sp³-hybridized carbons (Fsp3) is 0.158. The smallest absolute Gasteiger partial charge is 0.341 e. The van der Waals surface area contributed by atoms with E-state index in [-0.39, 0.29) is 5.91 Å². The van der Waals surface area contributed by atoms with Gasteiger partial charge in [-0.2, -0.15) is 0 Å². The largest absolute Gasteiger partial charge is 0.490 e. The second-order valence-corrected chi connectivity index (χ2v) is 6.44. The zero-order valence-electron chi connectivity index (χ0n) is 13.9. The van der Waals surface area contributed by atoms with E-state index in [4.69, 9.17) is 14.6 Å². The van der Waals surface area contributed by atoms with Crippen LogP contribution in [-0.4, -0.2) is 30.2 Å². The summed E-state index contributed by atoms with van der Waals surface area (Å²) in [6.45, 7) is 1.77. The minimum atomic E-state index is -1.07. The Morgan fingerprint density at radius 1 is 1.19 bits per heavy atom. The van der Waals surface area contributed by atoms with Gasteiger partial charge in [0, 0.05) is 21.3 Å². The SMILES string of the molecule is CCOc1cc(/C=C2\C(=O)Nc3ccc(Br)cc32)ccc1OCC(=O)O. The van der Waals surface area contributed by atoms with E-state index in [1.807, 2.05) is 25.1 Å². The number of carboxylic acids is 1. The van der Waals surface area contributed by atoms with E-state index in [1.165, 1.54) is 0 Å². The predicted molar refractivity (Wildman–Crippen MR) is 101 cm³/mol. The number of fused-ring (bicyclic) bond motifs is 1. The first-order valence-corrected chi connectivity index (χ1v) is 8.71. The molecule has 0 unspecified atom stereocenters. The van der Waals surface area contributed by atoms with E-state index in [9.17, 15) is 9.59 Å². The molecule has 1 amide bonds. The van der Waals surface area contributed by atoms with Gasteiger partial charge in [0.1, 0.15) is 0 Å². The molecule has 0 saturated carbocycles. The number of carbonyl (C=O) groups excluding carboxylic acids is 1. The first kappa shape index (κ1) is 18.0. The number of anilines is 1. The molecule has 2 N–H and O–H groups in total. The van der Waals surface area contributed by atoms with Crippen LogP contribution in [0.1, 0.15) is 18.1 Å². The molecule has 0 radical (unpaired) electrons. The maximum Gasteiger partial charge on any atom is 0.341 e. The van der Waals surface area contributed by atoms with Crippen LogP contribution in [0.5, 0.6) is 11.5 Å². The quantitative estimate of drug-likeness (QED) is 0.698. The number of nitrogens with one attached hydrogen (secondary N) is 1. The van der Waals surface area contributed by atoms with Gasteiger partial charge >= 0.3 is 5.97 Å². The van der Waals surface area contributed by atoms with Crippen molar-refractivity contribution in [2.45, 2.75) is 6.92 Å². The maximum atomic E-state index is 12.3. The van der Waals surface area contributed by atoms with Gasteiger partial charge in [-0.3, -0.25) is 4.79 Å². The van der Waals surface area contributed by atoms with E-state index in [0.717, 1.165) is 21.3 Å². The van der Waals surface area contributed by atoms with Crippen LogP contribution in [0, 0.1) is 0 Å². The Morgan fingerprint density at radius 2 is 2.00 bits per heavy atom. The molecular formula is C19H16BrNO5. The van der Waals surface area contributed by atoms with Crippen LogP contribution in [0.25, 0.3) is 11.6 Å². The summed E-state index contributed by atoms with van der Waals surface area (Å²) in [4.78, 5) is 23.0. The summed E-state index contributed by atoms with van der Waals surface area (Å²) in [7, 11) is 0. The summed E-state index contributed by atoms with van der Waals surface area (Å²) >= 11 is 3.42. The maximum absolute atomic E-state index is 12.3. The average Bonchev–Trinajstić information content (AvgIpc) is 2.89. The van der Waals surface area contributed by atoms with E-state index in [0.29, 0.717) is 23.7 Å². The number of amides is 1. The van der Waals surface area contributed by atoms with Crippen LogP contribution in [0.4, 0.5) is 5.69 Å². The van der Waals surface area contributed by atoms with E-state index in [2.05, 4.69) is 21.2 Å². The van der Waals surface area contributed by atoms with Crippen molar-refractivity contribution in [2.75, 3.05) is 18.5 Å². The van der Waals surface area contributed by atoms with Crippen molar-refractivity contribution >= 4 is 45.1 Å². The molecule has 1 aliphatic heterocycles. The fourth-order valence-corrected chi connectivity index (χ4v) is 2.97. The Labute approximate surface area is 158 Å². The topological polar surface area (TPSA) is 84.9 Å². The van der Waals surface area contributed by atoms with Gasteiger partial charge in [0.05, 0.1) is 6.61 Å². The number of ether oxygens (including phenoxy) is 2. The van der Waals surface area contributed by atoms with Crippen LogP contribution in [0.2, 0.25) is 0 Å². The van der Waals surface area contributed by atoms with Crippen molar-refractivity contribution in [1.82, 2.24) is 0 Å². The monoisotopic (exact) mass is 417 g/mol. The summed E-state index contributed by atoms with van der Waals surface area (Å²) in [6, 6.07) is 10.7. The van der Waals surface area contributed by atoms with Gasteiger partial charge in [0.2, 0.25) is 0 Å². The molecule has 134 valence electrons. The van der Waals surface area contributed by atoms with Gasteiger partial charge < -0.3 is 19.9 Å². The van der Waals surface area contributed by atoms with Gasteiger partial charge in [0.15, 0.2) is 18.1 Å². The summed E-state index contributed by atoms with van der Waals surface area (Å²) in [6.07, 6.45) is 1.76. The highest BCUT2D eigenvalue weighted by Gasteiger charge is 2.24. The minimum Gasteiger partial charge on any atom is -0.490 e. The van der Waals surface area contributed by atoms with Gasteiger partial charge in [-0.05, 0) is 48.9 Å². The molecule has 2 aromatic rings. The van der Waals surface area contributed by atoms with Crippen LogP contribution < -0.4 is 14.8 Å². The Hall–Kier alpha value is -2.80. The Kier molecular flexibility index (Phi) is 5.27. The molecule has 0 aromatic heterocycles. The van der Waals surface area contributed by atoms with E-state index >= 15 is 0 Å². The molecule has 2 aromatic carbocycles. The van der Waals surface area contributed by atoms with Crippen molar-refractivity contribution < 1.29 is 24.2 Å². The Bertz CT molecular complexity index is 907. The molecule has 0 fully saturated rings. The molecule has 1 aliphatic rings. The normalized spacial score (nSPS) is 14.1.